The van der Waals surface area contributed by atoms with Crippen molar-refractivity contribution in [2.45, 2.75) is 19.8 Å². The molecular formula is C31H23B. The highest BCUT2D eigenvalue weighted by Crippen LogP contribution is 2.40. The van der Waals surface area contributed by atoms with E-state index in [1.165, 1.54) is 65.4 Å². The van der Waals surface area contributed by atoms with Crippen LogP contribution in [0.4, 0.5) is 0 Å². The highest BCUT2D eigenvalue weighted by molar-refractivity contribution is 7.00. The molecule has 0 radical (unpaired) electrons. The molecule has 1 heteroatoms. The summed E-state index contributed by atoms with van der Waals surface area (Å²) in [6, 6.07) is 36.5. The van der Waals surface area contributed by atoms with Crippen molar-refractivity contribution in [1.82, 2.24) is 0 Å². The Labute approximate surface area is 188 Å². The standard InChI is InChI=1S/C31H23B/c1-19(2)23-15-12-20-13-17-26-30-21(14-16-25(23)29(20)30)18-27-24-10-6-7-11-28(24)32(31(26)27)22-8-4-3-5-9-22/h3-19H,1-2H3. The fraction of sp³-hybridized carbons (Fsp3) is 0.0968. The van der Waals surface area contributed by atoms with Crippen molar-refractivity contribution in [3.63, 3.8) is 0 Å². The predicted molar refractivity (Wildman–Crippen MR) is 141 cm³/mol. The maximum absolute atomic E-state index is 2.44. The topological polar surface area (TPSA) is 0 Å². The fourth-order valence-corrected chi connectivity index (χ4v) is 6.10. The van der Waals surface area contributed by atoms with Crippen LogP contribution >= 0.6 is 0 Å². The molecule has 1 heterocycles. The third-order valence-electron chi connectivity index (χ3n) is 7.46. The van der Waals surface area contributed by atoms with Crippen LogP contribution < -0.4 is 16.4 Å². The van der Waals surface area contributed by atoms with Crippen LogP contribution in [0.25, 0.3) is 43.4 Å². The van der Waals surface area contributed by atoms with Gasteiger partial charge in [-0.3, -0.25) is 0 Å². The van der Waals surface area contributed by atoms with Gasteiger partial charge in [0.05, 0.1) is 0 Å². The monoisotopic (exact) mass is 406 g/mol. The van der Waals surface area contributed by atoms with Crippen molar-refractivity contribution in [1.29, 1.82) is 0 Å². The van der Waals surface area contributed by atoms with Gasteiger partial charge >= 0.3 is 0 Å². The van der Waals surface area contributed by atoms with E-state index in [0.717, 1.165) is 0 Å². The van der Waals surface area contributed by atoms with E-state index < -0.39 is 0 Å². The van der Waals surface area contributed by atoms with Crippen molar-refractivity contribution in [3.05, 3.63) is 103 Å². The lowest BCUT2D eigenvalue weighted by atomic mass is 9.38. The van der Waals surface area contributed by atoms with Crippen LogP contribution in [0, 0.1) is 0 Å². The summed E-state index contributed by atoms with van der Waals surface area (Å²) in [5.41, 5.74) is 8.47. The number of fused-ring (bicyclic) bond motifs is 4. The van der Waals surface area contributed by atoms with E-state index in [-0.39, 0.29) is 6.71 Å². The molecule has 0 aromatic heterocycles. The summed E-state index contributed by atoms with van der Waals surface area (Å²) in [5, 5.41) is 8.35. The van der Waals surface area contributed by atoms with Gasteiger partial charge in [0.15, 0.2) is 0 Å². The van der Waals surface area contributed by atoms with Crippen LogP contribution in [-0.4, -0.2) is 6.71 Å². The summed E-state index contributed by atoms with van der Waals surface area (Å²) >= 11 is 0. The number of benzene rings is 6. The Bertz CT molecular complexity index is 1640. The maximum Gasteiger partial charge on any atom is 0.243 e. The molecule has 0 saturated carbocycles. The maximum atomic E-state index is 2.44. The molecular weight excluding hydrogens is 383 g/mol. The van der Waals surface area contributed by atoms with E-state index in [9.17, 15) is 0 Å². The minimum Gasteiger partial charge on any atom is -0.0686 e. The van der Waals surface area contributed by atoms with Gasteiger partial charge in [-0.1, -0.05) is 121 Å². The molecule has 7 rings (SSSR count). The second-order valence-electron chi connectivity index (χ2n) is 9.50. The minimum atomic E-state index is 0.275. The summed E-state index contributed by atoms with van der Waals surface area (Å²) < 4.78 is 0. The molecule has 0 saturated heterocycles. The Kier molecular flexibility index (Phi) is 3.64. The van der Waals surface area contributed by atoms with Crippen LogP contribution in [0.5, 0.6) is 0 Å². The lowest BCUT2D eigenvalue weighted by Crippen LogP contribution is -2.49. The van der Waals surface area contributed by atoms with Crippen molar-refractivity contribution < 1.29 is 0 Å². The highest BCUT2D eigenvalue weighted by Gasteiger charge is 2.35. The summed E-state index contributed by atoms with van der Waals surface area (Å²) in [4.78, 5) is 0. The van der Waals surface area contributed by atoms with Gasteiger partial charge in [-0.05, 0) is 61.0 Å². The average molecular weight is 406 g/mol. The van der Waals surface area contributed by atoms with Gasteiger partial charge in [-0.25, -0.2) is 0 Å². The van der Waals surface area contributed by atoms with Gasteiger partial charge in [-0.2, -0.15) is 0 Å². The molecule has 0 bridgehead atoms. The normalized spacial score (nSPS) is 12.9. The quantitative estimate of drug-likeness (QED) is 0.237. The first-order valence-corrected chi connectivity index (χ1v) is 11.6. The molecule has 6 aromatic rings. The van der Waals surface area contributed by atoms with Gasteiger partial charge in [0.25, 0.3) is 0 Å². The summed E-state index contributed by atoms with van der Waals surface area (Å²) in [7, 11) is 0. The summed E-state index contributed by atoms with van der Waals surface area (Å²) in [6.45, 7) is 4.87. The van der Waals surface area contributed by atoms with Gasteiger partial charge in [0, 0.05) is 0 Å². The second kappa shape index (κ2) is 6.47. The van der Waals surface area contributed by atoms with Crippen molar-refractivity contribution in [2.75, 3.05) is 0 Å². The van der Waals surface area contributed by atoms with Crippen molar-refractivity contribution in [2.24, 2.45) is 0 Å². The molecule has 0 atom stereocenters. The molecule has 0 spiro atoms. The largest absolute Gasteiger partial charge is 0.243 e. The molecule has 0 unspecified atom stereocenters. The van der Waals surface area contributed by atoms with E-state index in [1.54, 1.807) is 0 Å². The molecule has 150 valence electrons. The van der Waals surface area contributed by atoms with E-state index in [0.29, 0.717) is 5.92 Å². The number of hydrogen-bond acceptors (Lipinski definition) is 0. The zero-order valence-electron chi connectivity index (χ0n) is 18.4. The number of rotatable bonds is 2. The van der Waals surface area contributed by atoms with Crippen LogP contribution in [0.2, 0.25) is 0 Å². The first-order valence-electron chi connectivity index (χ1n) is 11.6. The Morgan fingerprint density at radius 3 is 2.12 bits per heavy atom. The van der Waals surface area contributed by atoms with Crippen molar-refractivity contribution >= 4 is 55.4 Å². The van der Waals surface area contributed by atoms with Crippen LogP contribution in [-0.2, 0) is 0 Å². The van der Waals surface area contributed by atoms with Gasteiger partial charge in [-0.15, -0.1) is 0 Å². The van der Waals surface area contributed by atoms with Crippen LogP contribution in [0.3, 0.4) is 0 Å². The zero-order valence-corrected chi connectivity index (χ0v) is 18.4. The summed E-state index contributed by atoms with van der Waals surface area (Å²) in [5.74, 6) is 0.506. The molecule has 0 nitrogen and oxygen atoms in total. The molecule has 6 aromatic carbocycles. The first kappa shape index (κ1) is 18.0. The van der Waals surface area contributed by atoms with Gasteiger partial charge in [0.2, 0.25) is 6.71 Å². The second-order valence-corrected chi connectivity index (χ2v) is 9.50. The summed E-state index contributed by atoms with van der Waals surface area (Å²) in [6.07, 6.45) is 0. The Morgan fingerprint density at radius 2 is 1.28 bits per heavy atom. The lowest BCUT2D eigenvalue weighted by Gasteiger charge is -2.19. The predicted octanol–water partition coefficient (Wildman–Crippen LogP) is 6.20. The van der Waals surface area contributed by atoms with Crippen LogP contribution in [0.15, 0.2) is 97.1 Å². The van der Waals surface area contributed by atoms with Gasteiger partial charge in [0.1, 0.15) is 0 Å². The molecule has 0 N–H and O–H groups in total. The first-order chi connectivity index (χ1) is 15.7. The highest BCUT2D eigenvalue weighted by atomic mass is 14.2. The molecule has 0 fully saturated rings. The third-order valence-corrected chi connectivity index (χ3v) is 7.46. The zero-order chi connectivity index (χ0) is 21.4. The van der Waals surface area contributed by atoms with E-state index in [2.05, 4.69) is 111 Å². The number of hydrogen-bond donors (Lipinski definition) is 0. The SMILES string of the molecule is CC(C)c1ccc2ccc3c4c(cc5ccc1c2c53)-c1ccccc1B4c1ccccc1. The fourth-order valence-electron chi connectivity index (χ4n) is 6.10. The lowest BCUT2D eigenvalue weighted by molar-refractivity contribution is 0.877. The van der Waals surface area contributed by atoms with Crippen molar-refractivity contribution in [3.8, 4) is 11.1 Å². The van der Waals surface area contributed by atoms with Crippen LogP contribution in [0.1, 0.15) is 25.3 Å². The molecule has 0 aliphatic carbocycles. The molecule has 1 aliphatic heterocycles. The smallest absolute Gasteiger partial charge is 0.0686 e. The third kappa shape index (κ3) is 2.29. The Morgan fingerprint density at radius 1 is 0.594 bits per heavy atom. The average Bonchev–Trinajstić information content (AvgIpc) is 3.17. The van der Waals surface area contributed by atoms with E-state index in [4.69, 9.17) is 0 Å². The Balaban J connectivity index is 1.67. The van der Waals surface area contributed by atoms with Gasteiger partial charge < -0.3 is 0 Å². The molecule has 32 heavy (non-hydrogen) atoms. The van der Waals surface area contributed by atoms with E-state index in [1.807, 2.05) is 0 Å². The molecule has 1 aliphatic rings. The minimum absolute atomic E-state index is 0.275. The van der Waals surface area contributed by atoms with E-state index >= 15 is 0 Å². The molecule has 0 amide bonds. The Hall–Kier alpha value is -3.58.